The first kappa shape index (κ1) is 22.1. The molecule has 0 spiro atoms. The number of carbonyl (C=O) groups is 1. The Morgan fingerprint density at radius 3 is 2.59 bits per heavy atom. The number of nitrogens with one attached hydrogen (secondary N) is 1. The Kier molecular flexibility index (Phi) is 6.27. The normalized spacial score (nSPS) is 13.4. The maximum absolute atomic E-state index is 12.9. The van der Waals surface area contributed by atoms with E-state index in [2.05, 4.69) is 26.7 Å². The summed E-state index contributed by atoms with van der Waals surface area (Å²) in [5.41, 5.74) is 3.64. The van der Waals surface area contributed by atoms with Gasteiger partial charge >= 0.3 is 0 Å². The van der Waals surface area contributed by atoms with Crippen LogP contribution in [0, 0.1) is 0 Å². The van der Waals surface area contributed by atoms with Crippen LogP contribution in [0.2, 0.25) is 0 Å². The number of benzene rings is 3. The molecule has 2 heterocycles. The SMILES string of the molecule is COc1ccccc1N(C)C1CN(C(=O)c2ccc(NSc3cccc4cccnc34)cc2)C1. The fourth-order valence-electron chi connectivity index (χ4n) is 4.12. The summed E-state index contributed by atoms with van der Waals surface area (Å²) in [4.78, 5) is 22.6. The molecule has 1 amide bonds. The molecule has 7 heteroatoms. The second kappa shape index (κ2) is 9.65. The van der Waals surface area contributed by atoms with Gasteiger partial charge < -0.3 is 19.3 Å². The summed E-state index contributed by atoms with van der Waals surface area (Å²) in [6.45, 7) is 1.38. The minimum Gasteiger partial charge on any atom is -0.495 e. The van der Waals surface area contributed by atoms with E-state index >= 15 is 0 Å². The van der Waals surface area contributed by atoms with Crippen LogP contribution in [0.3, 0.4) is 0 Å². The molecule has 1 N–H and O–H groups in total. The van der Waals surface area contributed by atoms with Crippen LogP contribution < -0.4 is 14.4 Å². The van der Waals surface area contributed by atoms with Crippen molar-refractivity contribution >= 4 is 40.1 Å². The number of carbonyl (C=O) groups excluding carboxylic acids is 1. The highest BCUT2D eigenvalue weighted by Crippen LogP contribution is 2.31. The van der Waals surface area contributed by atoms with Gasteiger partial charge in [-0.05, 0) is 60.5 Å². The molecule has 1 aliphatic rings. The maximum atomic E-state index is 12.9. The maximum Gasteiger partial charge on any atom is 0.253 e. The second-order valence-electron chi connectivity index (χ2n) is 8.26. The van der Waals surface area contributed by atoms with Gasteiger partial charge in [-0.25, -0.2) is 0 Å². The van der Waals surface area contributed by atoms with E-state index < -0.39 is 0 Å². The van der Waals surface area contributed by atoms with Crippen LogP contribution in [-0.4, -0.2) is 49.1 Å². The van der Waals surface area contributed by atoms with Crippen molar-refractivity contribution in [3.63, 3.8) is 0 Å². The Bertz CT molecular complexity index is 1300. The van der Waals surface area contributed by atoms with Crippen molar-refractivity contribution in [2.45, 2.75) is 10.9 Å². The topological polar surface area (TPSA) is 57.7 Å². The van der Waals surface area contributed by atoms with Crippen LogP contribution in [0.4, 0.5) is 11.4 Å². The lowest BCUT2D eigenvalue weighted by atomic mass is 10.0. The first-order chi connectivity index (χ1) is 16.6. The molecule has 0 saturated carbocycles. The van der Waals surface area contributed by atoms with E-state index in [-0.39, 0.29) is 11.9 Å². The molecular weight excluding hydrogens is 444 g/mol. The highest BCUT2D eigenvalue weighted by molar-refractivity contribution is 8.00. The molecule has 1 aliphatic heterocycles. The minimum absolute atomic E-state index is 0.0575. The van der Waals surface area contributed by atoms with E-state index in [1.807, 2.05) is 78.7 Å². The predicted molar refractivity (Wildman–Crippen MR) is 139 cm³/mol. The third kappa shape index (κ3) is 4.39. The predicted octanol–water partition coefficient (Wildman–Crippen LogP) is 5.32. The van der Waals surface area contributed by atoms with E-state index in [0.29, 0.717) is 18.7 Å². The molecule has 1 saturated heterocycles. The van der Waals surface area contributed by atoms with Gasteiger partial charge in [0, 0.05) is 43.0 Å². The molecule has 1 fully saturated rings. The number of para-hydroxylation sites is 3. The van der Waals surface area contributed by atoms with Crippen molar-refractivity contribution < 1.29 is 9.53 Å². The zero-order valence-electron chi connectivity index (χ0n) is 19.1. The number of pyridine rings is 1. The largest absolute Gasteiger partial charge is 0.495 e. The molecule has 0 unspecified atom stereocenters. The molecule has 0 atom stereocenters. The fraction of sp³-hybridized carbons (Fsp3) is 0.185. The molecule has 6 nitrogen and oxygen atoms in total. The molecule has 1 aromatic heterocycles. The van der Waals surface area contributed by atoms with Crippen molar-refractivity contribution in [1.82, 2.24) is 9.88 Å². The first-order valence-corrected chi connectivity index (χ1v) is 12.0. The number of rotatable bonds is 7. The number of likely N-dealkylation sites (tertiary alicyclic amines) is 1. The lowest BCUT2D eigenvalue weighted by Gasteiger charge is -2.45. The van der Waals surface area contributed by atoms with E-state index in [9.17, 15) is 4.79 Å². The van der Waals surface area contributed by atoms with E-state index in [1.165, 1.54) is 11.9 Å². The molecule has 0 bridgehead atoms. The van der Waals surface area contributed by atoms with Gasteiger partial charge in [-0.2, -0.15) is 0 Å². The number of ether oxygens (including phenoxy) is 1. The van der Waals surface area contributed by atoms with Crippen LogP contribution in [0.25, 0.3) is 10.9 Å². The van der Waals surface area contributed by atoms with Gasteiger partial charge in [0.05, 0.1) is 29.3 Å². The Hall–Kier alpha value is -3.71. The molecule has 0 aliphatic carbocycles. The minimum atomic E-state index is 0.0575. The number of aromatic nitrogens is 1. The Balaban J connectivity index is 1.18. The molecule has 3 aromatic carbocycles. The number of amides is 1. The highest BCUT2D eigenvalue weighted by Gasteiger charge is 2.34. The monoisotopic (exact) mass is 470 g/mol. The van der Waals surface area contributed by atoms with E-state index in [1.54, 1.807) is 13.3 Å². The summed E-state index contributed by atoms with van der Waals surface area (Å²) < 4.78 is 8.84. The van der Waals surface area contributed by atoms with Crippen molar-refractivity contribution in [3.05, 3.63) is 90.6 Å². The summed E-state index contributed by atoms with van der Waals surface area (Å²) in [5, 5.41) is 1.11. The molecule has 172 valence electrons. The van der Waals surface area contributed by atoms with Crippen LogP contribution in [0.5, 0.6) is 5.75 Å². The lowest BCUT2D eigenvalue weighted by molar-refractivity contribution is 0.0603. The number of methoxy groups -OCH3 is 1. The van der Waals surface area contributed by atoms with E-state index in [4.69, 9.17) is 4.74 Å². The van der Waals surface area contributed by atoms with Crippen LogP contribution in [0.1, 0.15) is 10.4 Å². The van der Waals surface area contributed by atoms with Gasteiger partial charge in [0.15, 0.2) is 0 Å². The van der Waals surface area contributed by atoms with E-state index in [0.717, 1.165) is 32.9 Å². The van der Waals surface area contributed by atoms with Crippen LogP contribution in [0.15, 0.2) is 90.0 Å². The number of likely N-dealkylation sites (N-methyl/N-ethyl adjacent to an activating group) is 1. The van der Waals surface area contributed by atoms with Gasteiger partial charge in [0.1, 0.15) is 5.75 Å². The summed E-state index contributed by atoms with van der Waals surface area (Å²) in [6.07, 6.45) is 1.81. The third-order valence-corrected chi connectivity index (χ3v) is 7.06. The fourth-order valence-corrected chi connectivity index (χ4v) is 4.90. The highest BCUT2D eigenvalue weighted by atomic mass is 32.2. The average Bonchev–Trinajstić information content (AvgIpc) is 2.86. The Morgan fingerprint density at radius 1 is 1.03 bits per heavy atom. The quantitative estimate of drug-likeness (QED) is 0.369. The van der Waals surface area contributed by atoms with Crippen LogP contribution in [-0.2, 0) is 0 Å². The lowest BCUT2D eigenvalue weighted by Crippen LogP contribution is -2.60. The second-order valence-corrected chi connectivity index (χ2v) is 9.11. The zero-order chi connectivity index (χ0) is 23.5. The molecule has 4 aromatic rings. The zero-order valence-corrected chi connectivity index (χ0v) is 20.0. The summed E-state index contributed by atoms with van der Waals surface area (Å²) in [7, 11) is 3.73. The Labute approximate surface area is 203 Å². The van der Waals surface area contributed by atoms with Crippen LogP contribution >= 0.6 is 11.9 Å². The number of fused-ring (bicyclic) bond motifs is 1. The number of hydrogen-bond acceptors (Lipinski definition) is 6. The summed E-state index contributed by atoms with van der Waals surface area (Å²) >= 11 is 1.52. The van der Waals surface area contributed by atoms with Gasteiger partial charge in [-0.3, -0.25) is 9.78 Å². The van der Waals surface area contributed by atoms with Crippen molar-refractivity contribution in [2.24, 2.45) is 0 Å². The molecular formula is C27H26N4O2S. The summed E-state index contributed by atoms with van der Waals surface area (Å²) in [6, 6.07) is 26.0. The molecule has 0 radical (unpaired) electrons. The number of nitrogens with zero attached hydrogens (tertiary/aromatic N) is 3. The average molecular weight is 471 g/mol. The van der Waals surface area contributed by atoms with Crippen molar-refractivity contribution in [3.8, 4) is 5.75 Å². The number of anilines is 2. The smallest absolute Gasteiger partial charge is 0.253 e. The van der Waals surface area contributed by atoms with Gasteiger partial charge in [-0.1, -0.05) is 30.3 Å². The van der Waals surface area contributed by atoms with Gasteiger partial charge in [0.25, 0.3) is 5.91 Å². The van der Waals surface area contributed by atoms with Crippen molar-refractivity contribution in [1.29, 1.82) is 0 Å². The first-order valence-electron chi connectivity index (χ1n) is 11.2. The van der Waals surface area contributed by atoms with Gasteiger partial charge in [-0.15, -0.1) is 0 Å². The summed E-state index contributed by atoms with van der Waals surface area (Å²) in [5.74, 6) is 0.900. The molecule has 34 heavy (non-hydrogen) atoms. The standard InChI is InChI=1S/C27H26N4O2S/c1-30(23-9-3-4-10-24(23)33-2)22-17-31(18-22)27(32)20-12-14-21(15-13-20)29-34-25-11-5-7-19-8-6-16-28-26(19)25/h3-16,22,29H,17-18H2,1-2H3. The molecule has 5 rings (SSSR count). The van der Waals surface area contributed by atoms with Gasteiger partial charge in [0.2, 0.25) is 0 Å². The Morgan fingerprint density at radius 2 is 1.79 bits per heavy atom. The van der Waals surface area contributed by atoms with Crippen molar-refractivity contribution in [2.75, 3.05) is 36.9 Å². The number of hydrogen-bond donors (Lipinski definition) is 1. The third-order valence-electron chi connectivity index (χ3n) is 6.17.